The highest BCUT2D eigenvalue weighted by Gasteiger charge is 2.37. The number of barbiturate groups is 1. The maximum Gasteiger partial charge on any atom is 0.335 e. The predicted octanol–water partition coefficient (Wildman–Crippen LogP) is 8.65. The van der Waals surface area contributed by atoms with Gasteiger partial charge in [0.1, 0.15) is 31.1 Å². The van der Waals surface area contributed by atoms with Crippen LogP contribution in [0, 0.1) is 0 Å². The van der Waals surface area contributed by atoms with Gasteiger partial charge >= 0.3 is 6.03 Å². The van der Waals surface area contributed by atoms with Crippen LogP contribution in [0.1, 0.15) is 36.1 Å². The second-order valence-electron chi connectivity index (χ2n) is 11.8. The van der Waals surface area contributed by atoms with Crippen molar-refractivity contribution in [3.8, 4) is 28.7 Å². The summed E-state index contributed by atoms with van der Waals surface area (Å²) in [6.45, 7) is 5.50. The van der Waals surface area contributed by atoms with Crippen LogP contribution >= 0.6 is 15.9 Å². The van der Waals surface area contributed by atoms with E-state index in [2.05, 4.69) is 21.2 Å². The maximum atomic E-state index is 13.6. The molecule has 1 aliphatic rings. The Hall–Kier alpha value is -6.07. The monoisotopic (exact) mass is 776 g/mol. The van der Waals surface area contributed by atoms with Crippen molar-refractivity contribution in [1.29, 1.82) is 0 Å². The third kappa shape index (κ3) is 9.24. The Kier molecular flexibility index (Phi) is 12.1. The average Bonchev–Trinajstić information content (AvgIpc) is 3.16. The molecule has 1 aliphatic heterocycles. The third-order valence-corrected chi connectivity index (χ3v) is 8.60. The number of carbonyl (C=O) groups is 3. The lowest BCUT2D eigenvalue weighted by Gasteiger charge is -2.26. The molecule has 270 valence electrons. The first-order valence-electron chi connectivity index (χ1n) is 17.0. The first-order chi connectivity index (χ1) is 25.8. The molecular weight excluding hydrogens is 740 g/mol. The Morgan fingerprint density at radius 2 is 1.25 bits per heavy atom. The molecule has 5 aromatic rings. The van der Waals surface area contributed by atoms with Gasteiger partial charge in [-0.3, -0.25) is 14.9 Å². The number of hydrogen-bond donors (Lipinski definition) is 1. The summed E-state index contributed by atoms with van der Waals surface area (Å²) in [5.74, 6) is 1.03. The molecule has 4 amide bonds. The lowest BCUT2D eigenvalue weighted by atomic mass is 10.1. The molecule has 0 radical (unpaired) electrons. The third-order valence-electron chi connectivity index (χ3n) is 8.02. The highest BCUT2D eigenvalue weighted by molar-refractivity contribution is 9.10. The van der Waals surface area contributed by atoms with E-state index in [1.807, 2.05) is 92.7 Å². The van der Waals surface area contributed by atoms with Crippen LogP contribution in [0.3, 0.4) is 0 Å². The molecule has 0 bridgehead atoms. The number of ether oxygens (including phenoxy) is 5. The number of anilines is 1. The van der Waals surface area contributed by atoms with E-state index in [0.29, 0.717) is 65.2 Å². The van der Waals surface area contributed by atoms with E-state index < -0.39 is 17.8 Å². The van der Waals surface area contributed by atoms with Crippen LogP contribution in [-0.2, 0) is 29.4 Å². The number of rotatable bonds is 15. The van der Waals surface area contributed by atoms with Crippen molar-refractivity contribution in [2.45, 2.75) is 33.7 Å². The Labute approximate surface area is 316 Å². The van der Waals surface area contributed by atoms with Crippen LogP contribution in [0.4, 0.5) is 10.5 Å². The lowest BCUT2D eigenvalue weighted by molar-refractivity contribution is -0.122. The van der Waals surface area contributed by atoms with E-state index in [9.17, 15) is 14.4 Å². The number of amides is 4. The minimum Gasteiger partial charge on any atom is -0.490 e. The van der Waals surface area contributed by atoms with Crippen LogP contribution in [-0.4, -0.2) is 31.1 Å². The fourth-order valence-corrected chi connectivity index (χ4v) is 6.06. The SMILES string of the molecule is CCOc1cc(COc2c(Br)cc(/C=C3/C(=O)NC(=O)N(c4ccc(OCc5ccccc5)cc4)C3=O)cc2OCC)ccc1OCc1ccccc1. The molecule has 0 unspecified atom stereocenters. The van der Waals surface area contributed by atoms with E-state index >= 15 is 0 Å². The van der Waals surface area contributed by atoms with Gasteiger partial charge in [-0.1, -0.05) is 66.7 Å². The van der Waals surface area contributed by atoms with Crippen molar-refractivity contribution in [3.63, 3.8) is 0 Å². The van der Waals surface area contributed by atoms with E-state index in [4.69, 9.17) is 23.7 Å². The van der Waals surface area contributed by atoms with Crippen molar-refractivity contribution in [1.82, 2.24) is 5.32 Å². The van der Waals surface area contributed by atoms with Crippen molar-refractivity contribution in [2.75, 3.05) is 18.1 Å². The molecule has 1 fully saturated rings. The minimum absolute atomic E-state index is 0.187. The summed E-state index contributed by atoms with van der Waals surface area (Å²) >= 11 is 3.58. The van der Waals surface area contributed by atoms with E-state index in [0.717, 1.165) is 21.6 Å². The molecular formula is C42H37BrN2O8. The van der Waals surface area contributed by atoms with Gasteiger partial charge in [0.25, 0.3) is 11.8 Å². The second kappa shape index (κ2) is 17.4. The zero-order chi connectivity index (χ0) is 37.2. The number of benzene rings is 5. The number of hydrogen-bond acceptors (Lipinski definition) is 8. The normalized spacial score (nSPS) is 13.5. The van der Waals surface area contributed by atoms with Gasteiger partial charge in [-0.05, 0) is 107 Å². The smallest absolute Gasteiger partial charge is 0.335 e. The van der Waals surface area contributed by atoms with Crippen molar-refractivity contribution in [3.05, 3.63) is 148 Å². The number of urea groups is 1. The lowest BCUT2D eigenvalue weighted by Crippen LogP contribution is -2.54. The summed E-state index contributed by atoms with van der Waals surface area (Å²) in [4.78, 5) is 40.4. The van der Waals surface area contributed by atoms with Gasteiger partial charge in [0.15, 0.2) is 23.0 Å². The minimum atomic E-state index is -0.849. The van der Waals surface area contributed by atoms with Crippen LogP contribution in [0.25, 0.3) is 6.08 Å². The Morgan fingerprint density at radius 3 is 1.91 bits per heavy atom. The van der Waals surface area contributed by atoms with Crippen molar-refractivity contribution < 1.29 is 38.1 Å². The van der Waals surface area contributed by atoms with Gasteiger partial charge in [0.05, 0.1) is 23.4 Å². The molecule has 1 saturated heterocycles. The molecule has 1 N–H and O–H groups in total. The summed E-state index contributed by atoms with van der Waals surface area (Å²) in [5, 5.41) is 2.27. The van der Waals surface area contributed by atoms with Crippen LogP contribution in [0.5, 0.6) is 28.7 Å². The molecule has 0 spiro atoms. The Morgan fingerprint density at radius 1 is 0.623 bits per heavy atom. The molecule has 0 aromatic heterocycles. The summed E-state index contributed by atoms with van der Waals surface area (Å²) in [6.07, 6.45) is 1.41. The molecule has 0 atom stereocenters. The van der Waals surface area contributed by atoms with E-state index in [-0.39, 0.29) is 17.9 Å². The van der Waals surface area contributed by atoms with E-state index in [1.165, 1.54) is 6.08 Å². The molecule has 0 saturated carbocycles. The molecule has 0 aliphatic carbocycles. The summed E-state index contributed by atoms with van der Waals surface area (Å²) < 4.78 is 30.4. The molecule has 5 aromatic carbocycles. The quantitative estimate of drug-likeness (QED) is 0.0831. The predicted molar refractivity (Wildman–Crippen MR) is 204 cm³/mol. The van der Waals surface area contributed by atoms with Crippen molar-refractivity contribution in [2.24, 2.45) is 0 Å². The van der Waals surface area contributed by atoms with Crippen LogP contribution in [0.2, 0.25) is 0 Å². The molecule has 1 heterocycles. The first-order valence-corrected chi connectivity index (χ1v) is 17.8. The maximum absolute atomic E-state index is 13.6. The largest absolute Gasteiger partial charge is 0.490 e. The zero-order valence-electron chi connectivity index (χ0n) is 29.2. The highest BCUT2D eigenvalue weighted by atomic mass is 79.9. The standard InChI is InChI=1S/C42H37BrN2O8/c1-3-49-37-23-30(15-20-36(37)52-26-29-13-9-6-10-14-29)27-53-39-35(43)22-31(24-38(39)50-4-2)21-34-40(46)44-42(48)45(41(34)47)32-16-18-33(19-17-32)51-25-28-11-7-5-8-12-28/h5-24H,3-4,25-27H2,1-2H3,(H,44,46,48)/b34-21-. The molecule has 6 rings (SSSR count). The average molecular weight is 778 g/mol. The number of carbonyl (C=O) groups excluding carboxylic acids is 3. The topological polar surface area (TPSA) is 113 Å². The molecule has 10 nitrogen and oxygen atoms in total. The molecule has 53 heavy (non-hydrogen) atoms. The molecule has 11 heteroatoms. The fourth-order valence-electron chi connectivity index (χ4n) is 5.49. The summed E-state index contributed by atoms with van der Waals surface area (Å²) in [7, 11) is 0. The van der Waals surface area contributed by atoms with Gasteiger partial charge in [0.2, 0.25) is 0 Å². The highest BCUT2D eigenvalue weighted by Crippen LogP contribution is 2.39. The van der Waals surface area contributed by atoms with Crippen LogP contribution < -0.4 is 33.9 Å². The van der Waals surface area contributed by atoms with Gasteiger partial charge in [-0.15, -0.1) is 0 Å². The number of imide groups is 2. The number of nitrogens with zero attached hydrogens (tertiary/aromatic N) is 1. The fraction of sp³-hybridized carbons (Fsp3) is 0.167. The number of nitrogens with one attached hydrogen (secondary N) is 1. The summed E-state index contributed by atoms with van der Waals surface area (Å²) in [6, 6.07) is 34.2. The van der Waals surface area contributed by atoms with Gasteiger partial charge in [-0.2, -0.15) is 0 Å². The van der Waals surface area contributed by atoms with Gasteiger partial charge in [0, 0.05) is 0 Å². The Balaban J connectivity index is 1.17. The zero-order valence-corrected chi connectivity index (χ0v) is 30.8. The van der Waals surface area contributed by atoms with Gasteiger partial charge in [-0.25, -0.2) is 9.69 Å². The first kappa shape index (κ1) is 36.7. The van der Waals surface area contributed by atoms with Crippen LogP contribution in [0.15, 0.2) is 125 Å². The van der Waals surface area contributed by atoms with Gasteiger partial charge < -0.3 is 23.7 Å². The summed E-state index contributed by atoms with van der Waals surface area (Å²) in [5.41, 5.74) is 3.41. The van der Waals surface area contributed by atoms with E-state index in [1.54, 1.807) is 36.4 Å². The Bertz CT molecular complexity index is 2100. The second-order valence-corrected chi connectivity index (χ2v) is 12.6. The number of halogens is 1. The van der Waals surface area contributed by atoms with Crippen molar-refractivity contribution >= 4 is 45.5 Å².